The number of carboxylic acids is 1. The number of carbonyl (C=O) groups is 1. The van der Waals surface area contributed by atoms with Gasteiger partial charge in [-0.1, -0.05) is 35.0 Å². The third-order valence-electron chi connectivity index (χ3n) is 3.05. The van der Waals surface area contributed by atoms with Crippen LogP contribution in [0.25, 0.3) is 0 Å². The van der Waals surface area contributed by atoms with Crippen LogP contribution >= 0.6 is 15.9 Å². The van der Waals surface area contributed by atoms with Crippen molar-refractivity contribution in [2.45, 2.75) is 26.3 Å². The van der Waals surface area contributed by atoms with Crippen molar-refractivity contribution in [2.24, 2.45) is 5.92 Å². The Morgan fingerprint density at radius 3 is 3.00 bits per heavy atom. The number of tetrazole rings is 1. The predicted molar refractivity (Wildman–Crippen MR) is 76.2 cm³/mol. The van der Waals surface area contributed by atoms with Crippen LogP contribution in [0.4, 0.5) is 0 Å². The largest absolute Gasteiger partial charge is 0.481 e. The summed E-state index contributed by atoms with van der Waals surface area (Å²) in [5.41, 5.74) is 1.10. The van der Waals surface area contributed by atoms with E-state index in [1.165, 1.54) is 0 Å². The van der Waals surface area contributed by atoms with E-state index in [0.29, 0.717) is 19.4 Å². The minimum atomic E-state index is -0.799. The molecule has 0 aliphatic heterocycles. The molecule has 0 saturated heterocycles. The van der Waals surface area contributed by atoms with Crippen LogP contribution in [0.1, 0.15) is 24.7 Å². The zero-order valence-electron chi connectivity index (χ0n) is 11.0. The first-order valence-corrected chi connectivity index (χ1v) is 7.08. The summed E-state index contributed by atoms with van der Waals surface area (Å²) < 4.78 is 2.67. The van der Waals surface area contributed by atoms with Gasteiger partial charge in [-0.3, -0.25) is 4.79 Å². The summed E-state index contributed by atoms with van der Waals surface area (Å²) in [5, 5.41) is 20.5. The molecule has 2 rings (SSSR count). The number of hydrogen-bond acceptors (Lipinski definition) is 4. The summed E-state index contributed by atoms with van der Waals surface area (Å²) >= 11 is 3.43. The number of carboxylic acid groups (broad SMARTS) is 1. The summed E-state index contributed by atoms with van der Waals surface area (Å²) in [7, 11) is 0. The smallest absolute Gasteiger partial charge is 0.306 e. The van der Waals surface area contributed by atoms with Crippen molar-refractivity contribution in [1.29, 1.82) is 0 Å². The van der Waals surface area contributed by atoms with Gasteiger partial charge in [0.1, 0.15) is 0 Å². The first-order valence-electron chi connectivity index (χ1n) is 6.28. The number of halogens is 1. The highest BCUT2D eigenvalue weighted by Crippen LogP contribution is 2.14. The Balaban J connectivity index is 2.03. The van der Waals surface area contributed by atoms with Crippen molar-refractivity contribution in [2.75, 3.05) is 0 Å². The number of aromatic nitrogens is 4. The molecule has 0 amide bonds. The monoisotopic (exact) mass is 338 g/mol. The second-order valence-electron chi connectivity index (χ2n) is 4.65. The van der Waals surface area contributed by atoms with E-state index in [4.69, 9.17) is 5.11 Å². The van der Waals surface area contributed by atoms with Gasteiger partial charge in [0.05, 0.1) is 5.92 Å². The molecule has 106 valence electrons. The summed E-state index contributed by atoms with van der Waals surface area (Å²) in [6.07, 6.45) is 1.12. The standard InChI is InChI=1S/C13H15BrN4O2/c1-9(13(19)20)5-6-18-12(15-16-17-18)8-10-3-2-4-11(14)7-10/h2-4,7,9H,5-6,8H2,1H3,(H,19,20). The molecular formula is C13H15BrN4O2. The SMILES string of the molecule is CC(CCn1nnnc1Cc1cccc(Br)c1)C(=O)O. The molecule has 0 bridgehead atoms. The van der Waals surface area contributed by atoms with Crippen LogP contribution in [0, 0.1) is 5.92 Å². The van der Waals surface area contributed by atoms with Gasteiger partial charge >= 0.3 is 5.97 Å². The van der Waals surface area contributed by atoms with Gasteiger partial charge < -0.3 is 5.11 Å². The molecule has 1 N–H and O–H groups in total. The fourth-order valence-electron chi connectivity index (χ4n) is 1.79. The molecule has 0 radical (unpaired) electrons. The van der Waals surface area contributed by atoms with Gasteiger partial charge in [-0.25, -0.2) is 4.68 Å². The maximum Gasteiger partial charge on any atom is 0.306 e. The molecular weight excluding hydrogens is 324 g/mol. The van der Waals surface area contributed by atoms with Gasteiger partial charge in [-0.05, 0) is 34.5 Å². The van der Waals surface area contributed by atoms with E-state index in [9.17, 15) is 4.79 Å². The summed E-state index contributed by atoms with van der Waals surface area (Å²) in [4.78, 5) is 10.8. The molecule has 0 aliphatic carbocycles. The highest BCUT2D eigenvalue weighted by Gasteiger charge is 2.13. The molecule has 6 nitrogen and oxygen atoms in total. The molecule has 0 saturated carbocycles. The fraction of sp³-hybridized carbons (Fsp3) is 0.385. The van der Waals surface area contributed by atoms with Crippen molar-refractivity contribution in [1.82, 2.24) is 20.2 Å². The highest BCUT2D eigenvalue weighted by molar-refractivity contribution is 9.10. The summed E-state index contributed by atoms with van der Waals surface area (Å²) in [5.74, 6) is -0.467. The third-order valence-corrected chi connectivity index (χ3v) is 3.55. The molecule has 0 spiro atoms. The Morgan fingerprint density at radius 2 is 2.30 bits per heavy atom. The Kier molecular flexibility index (Phi) is 4.84. The molecule has 0 fully saturated rings. The van der Waals surface area contributed by atoms with E-state index in [1.54, 1.807) is 11.6 Å². The van der Waals surface area contributed by atoms with Crippen molar-refractivity contribution < 1.29 is 9.90 Å². The predicted octanol–water partition coefficient (Wildman–Crippen LogP) is 2.14. The molecule has 1 aromatic heterocycles. The lowest BCUT2D eigenvalue weighted by molar-refractivity contribution is -0.141. The van der Waals surface area contributed by atoms with Gasteiger partial charge in [-0.2, -0.15) is 0 Å². The first-order chi connectivity index (χ1) is 9.56. The summed E-state index contributed by atoms with van der Waals surface area (Å²) in [6.45, 7) is 2.18. The van der Waals surface area contributed by atoms with Gasteiger partial charge in [0, 0.05) is 17.4 Å². The summed E-state index contributed by atoms with van der Waals surface area (Å²) in [6, 6.07) is 7.93. The normalized spacial score (nSPS) is 12.3. The second-order valence-corrected chi connectivity index (χ2v) is 5.57. The molecule has 1 aromatic carbocycles. The minimum absolute atomic E-state index is 0.405. The molecule has 20 heavy (non-hydrogen) atoms. The third kappa shape index (κ3) is 3.86. The van der Waals surface area contributed by atoms with Crippen molar-refractivity contribution in [3.05, 3.63) is 40.1 Å². The van der Waals surface area contributed by atoms with Crippen LogP contribution in [0.2, 0.25) is 0 Å². The van der Waals surface area contributed by atoms with Crippen LogP contribution in [0.5, 0.6) is 0 Å². The first kappa shape index (κ1) is 14.6. The molecule has 7 heteroatoms. The molecule has 0 aliphatic rings. The lowest BCUT2D eigenvalue weighted by atomic mass is 10.1. The number of hydrogen-bond donors (Lipinski definition) is 1. The van der Waals surface area contributed by atoms with Gasteiger partial charge in [-0.15, -0.1) is 5.10 Å². The van der Waals surface area contributed by atoms with Crippen LogP contribution in [-0.4, -0.2) is 31.3 Å². The van der Waals surface area contributed by atoms with Crippen LogP contribution in [0.15, 0.2) is 28.7 Å². The van der Waals surface area contributed by atoms with Crippen LogP contribution < -0.4 is 0 Å². The molecule has 1 unspecified atom stereocenters. The molecule has 1 atom stereocenters. The Labute approximate surface area is 124 Å². The lowest BCUT2D eigenvalue weighted by Crippen LogP contribution is -2.15. The Hall–Kier alpha value is -1.76. The lowest BCUT2D eigenvalue weighted by Gasteiger charge is -2.07. The second kappa shape index (κ2) is 6.60. The number of aliphatic carboxylic acids is 1. The highest BCUT2D eigenvalue weighted by atomic mass is 79.9. The van der Waals surface area contributed by atoms with Crippen molar-refractivity contribution in [3.8, 4) is 0 Å². The molecule has 1 heterocycles. The average Bonchev–Trinajstić information content (AvgIpc) is 2.83. The Morgan fingerprint density at radius 1 is 1.50 bits per heavy atom. The topological polar surface area (TPSA) is 80.9 Å². The quantitative estimate of drug-likeness (QED) is 0.872. The zero-order valence-corrected chi connectivity index (χ0v) is 12.6. The van der Waals surface area contributed by atoms with E-state index in [2.05, 4.69) is 31.5 Å². The van der Waals surface area contributed by atoms with E-state index >= 15 is 0 Å². The maximum atomic E-state index is 10.8. The molecule has 2 aromatic rings. The van der Waals surface area contributed by atoms with Crippen molar-refractivity contribution in [3.63, 3.8) is 0 Å². The van der Waals surface area contributed by atoms with Crippen LogP contribution in [-0.2, 0) is 17.8 Å². The minimum Gasteiger partial charge on any atom is -0.481 e. The van der Waals surface area contributed by atoms with Crippen molar-refractivity contribution >= 4 is 21.9 Å². The van der Waals surface area contributed by atoms with E-state index in [-0.39, 0.29) is 0 Å². The van der Waals surface area contributed by atoms with Crippen LogP contribution in [0.3, 0.4) is 0 Å². The van der Waals surface area contributed by atoms with E-state index in [1.807, 2.05) is 24.3 Å². The fourth-order valence-corrected chi connectivity index (χ4v) is 2.24. The van der Waals surface area contributed by atoms with Gasteiger partial charge in [0.2, 0.25) is 0 Å². The number of aryl methyl sites for hydroxylation is 1. The zero-order chi connectivity index (χ0) is 14.5. The van der Waals surface area contributed by atoms with Gasteiger partial charge in [0.15, 0.2) is 5.82 Å². The number of benzene rings is 1. The van der Waals surface area contributed by atoms with Gasteiger partial charge in [0.25, 0.3) is 0 Å². The van der Waals surface area contributed by atoms with E-state index in [0.717, 1.165) is 15.9 Å². The number of nitrogens with zero attached hydrogens (tertiary/aromatic N) is 4. The maximum absolute atomic E-state index is 10.8. The number of rotatable bonds is 6. The average molecular weight is 339 g/mol. The van der Waals surface area contributed by atoms with E-state index < -0.39 is 11.9 Å². The Bertz CT molecular complexity index is 600.